The standard InChI is InChI=1S/C11H18N2OP4/c1-2-3-7-10-12-9-6-4-5-8(9)11(14)13(10)18(16)17-15/h4,6,17H,2-3,5,7,15-16H2,1H3. The van der Waals surface area contributed by atoms with Gasteiger partial charge in [0.2, 0.25) is 0 Å². The smallest absolute Gasteiger partial charge is 0.261 e. The minimum atomic E-state index is -0.517. The van der Waals surface area contributed by atoms with E-state index in [-0.39, 0.29) is 5.56 Å². The van der Waals surface area contributed by atoms with Crippen LogP contribution in [0.15, 0.2) is 10.9 Å². The monoisotopic (exact) mass is 318 g/mol. The van der Waals surface area contributed by atoms with Gasteiger partial charge in [-0.05, 0) is 18.9 Å². The predicted octanol–water partition coefficient (Wildman–Crippen LogP) is 3.57. The van der Waals surface area contributed by atoms with Crippen molar-refractivity contribution in [3.63, 3.8) is 0 Å². The van der Waals surface area contributed by atoms with Gasteiger partial charge in [0.15, 0.2) is 0 Å². The molecule has 0 aliphatic heterocycles. The highest BCUT2D eigenvalue weighted by atomic mass is 32.6. The molecule has 0 spiro atoms. The number of aromatic nitrogens is 2. The summed E-state index contributed by atoms with van der Waals surface area (Å²) in [5.74, 6) is 0.961. The number of unbranched alkanes of at least 4 members (excludes halogenated alkanes) is 1. The Morgan fingerprint density at radius 3 is 3.06 bits per heavy atom. The van der Waals surface area contributed by atoms with E-state index in [1.807, 2.05) is 16.5 Å². The molecule has 0 N–H and O–H groups in total. The molecule has 0 radical (unpaired) electrons. The van der Waals surface area contributed by atoms with Crippen LogP contribution in [0.4, 0.5) is 0 Å². The van der Waals surface area contributed by atoms with Crippen molar-refractivity contribution in [1.29, 1.82) is 0 Å². The lowest BCUT2D eigenvalue weighted by Gasteiger charge is -2.18. The first-order valence-electron chi connectivity index (χ1n) is 6.01. The zero-order valence-corrected chi connectivity index (χ0v) is 14.6. The molecule has 4 unspecified atom stereocenters. The van der Waals surface area contributed by atoms with Crippen molar-refractivity contribution >= 4 is 39.3 Å². The van der Waals surface area contributed by atoms with Gasteiger partial charge in [-0.2, -0.15) is 0 Å². The molecule has 4 atom stereocenters. The van der Waals surface area contributed by atoms with Crippen LogP contribution in [0.2, 0.25) is 0 Å². The van der Waals surface area contributed by atoms with E-state index in [0.29, 0.717) is 7.96 Å². The second kappa shape index (κ2) is 6.67. The number of allylic oxidation sites excluding steroid dienone is 1. The Morgan fingerprint density at radius 1 is 1.61 bits per heavy atom. The van der Waals surface area contributed by atoms with Crippen LogP contribution in [-0.2, 0) is 12.8 Å². The van der Waals surface area contributed by atoms with Crippen molar-refractivity contribution in [3.05, 3.63) is 33.5 Å². The van der Waals surface area contributed by atoms with Crippen molar-refractivity contribution in [3.8, 4) is 0 Å². The molecule has 18 heavy (non-hydrogen) atoms. The van der Waals surface area contributed by atoms with Crippen molar-refractivity contribution in [1.82, 2.24) is 9.32 Å². The molecule has 0 saturated carbocycles. The fraction of sp³-hybridized carbons (Fsp3) is 0.455. The van der Waals surface area contributed by atoms with E-state index in [1.54, 1.807) is 0 Å². The largest absolute Gasteiger partial charge is 0.269 e. The number of rotatable bonds is 5. The molecule has 0 aromatic carbocycles. The van der Waals surface area contributed by atoms with Crippen LogP contribution in [-0.4, -0.2) is 9.32 Å². The molecule has 3 nitrogen and oxygen atoms in total. The third-order valence-corrected chi connectivity index (χ3v) is 12.6. The van der Waals surface area contributed by atoms with Crippen LogP contribution in [0.1, 0.15) is 36.8 Å². The summed E-state index contributed by atoms with van der Waals surface area (Å²) in [6.07, 6.45) is 7.85. The summed E-state index contributed by atoms with van der Waals surface area (Å²) in [4.78, 5) is 17.2. The van der Waals surface area contributed by atoms with Crippen molar-refractivity contribution in [2.75, 3.05) is 0 Å². The Bertz CT molecular complexity index is 527. The lowest BCUT2D eigenvalue weighted by Crippen LogP contribution is -2.24. The number of nitrogens with zero attached hydrogens (tertiary/aromatic N) is 2. The van der Waals surface area contributed by atoms with E-state index in [9.17, 15) is 4.79 Å². The number of hydrogen-bond donors (Lipinski definition) is 0. The molecule has 7 heteroatoms. The van der Waals surface area contributed by atoms with E-state index in [4.69, 9.17) is 4.98 Å². The highest BCUT2D eigenvalue weighted by Gasteiger charge is 2.19. The van der Waals surface area contributed by atoms with Crippen LogP contribution < -0.4 is 5.56 Å². The highest BCUT2D eigenvalue weighted by molar-refractivity contribution is 8.60. The molecule has 1 aromatic heterocycles. The maximum atomic E-state index is 12.5. The summed E-state index contributed by atoms with van der Waals surface area (Å²) in [6, 6.07) is 0. The lowest BCUT2D eigenvalue weighted by atomic mass is 10.2. The second-order valence-corrected chi connectivity index (χ2v) is 13.0. The molecule has 1 heterocycles. The Balaban J connectivity index is 2.51. The van der Waals surface area contributed by atoms with Gasteiger partial charge >= 0.3 is 0 Å². The third kappa shape index (κ3) is 2.91. The molecule has 2 rings (SSSR count). The van der Waals surface area contributed by atoms with Crippen molar-refractivity contribution in [2.24, 2.45) is 0 Å². The summed E-state index contributed by atoms with van der Waals surface area (Å²) >= 11 is 0. The van der Waals surface area contributed by atoms with Crippen molar-refractivity contribution in [2.45, 2.75) is 32.6 Å². The fourth-order valence-electron chi connectivity index (χ4n) is 2.00. The van der Waals surface area contributed by atoms with Gasteiger partial charge in [-0.1, -0.05) is 36.3 Å². The molecule has 0 bridgehead atoms. The minimum Gasteiger partial charge on any atom is -0.269 e. The average molecular weight is 318 g/mol. The second-order valence-electron chi connectivity index (χ2n) is 4.19. The molecular weight excluding hydrogens is 300 g/mol. The first-order valence-corrected chi connectivity index (χ1v) is 12.6. The minimum absolute atomic E-state index is 0.173. The van der Waals surface area contributed by atoms with Gasteiger partial charge in [-0.25, -0.2) is 4.98 Å². The summed E-state index contributed by atoms with van der Waals surface area (Å²) in [5.41, 5.74) is 1.93. The molecule has 1 aliphatic rings. The summed E-state index contributed by atoms with van der Waals surface area (Å²) in [5, 5.41) is 0. The zero-order chi connectivity index (χ0) is 13.1. The van der Waals surface area contributed by atoms with E-state index in [2.05, 4.69) is 24.8 Å². The third-order valence-electron chi connectivity index (χ3n) is 2.95. The normalized spacial score (nSPS) is 15.5. The van der Waals surface area contributed by atoms with Crippen LogP contribution in [0, 0.1) is 0 Å². The van der Waals surface area contributed by atoms with Crippen LogP contribution in [0.3, 0.4) is 0 Å². The Morgan fingerprint density at radius 2 is 2.39 bits per heavy atom. The maximum absolute atomic E-state index is 12.5. The quantitative estimate of drug-likeness (QED) is 0.778. The number of hydrogen-bond acceptors (Lipinski definition) is 2. The van der Waals surface area contributed by atoms with Gasteiger partial charge in [0.25, 0.3) is 5.56 Å². The summed E-state index contributed by atoms with van der Waals surface area (Å²) in [6.45, 7) is 2.16. The molecule has 98 valence electrons. The zero-order valence-electron chi connectivity index (χ0n) is 10.4. The lowest BCUT2D eigenvalue weighted by molar-refractivity contribution is 0.731. The average Bonchev–Trinajstić information content (AvgIpc) is 2.84. The first-order chi connectivity index (χ1) is 8.69. The Labute approximate surface area is 115 Å². The van der Waals surface area contributed by atoms with Crippen LogP contribution >= 0.6 is 33.3 Å². The highest BCUT2D eigenvalue weighted by Crippen LogP contribution is 2.66. The Hall–Kier alpha value is 0.340. The molecular formula is C11H18N2OP4. The SMILES string of the molecule is CCCCc1nc2c(c(=O)n1P(P)PP)CC=C2. The topological polar surface area (TPSA) is 34.9 Å². The molecule has 0 saturated heterocycles. The van der Waals surface area contributed by atoms with Crippen LogP contribution in [0.25, 0.3) is 6.08 Å². The van der Waals surface area contributed by atoms with E-state index in [0.717, 1.165) is 42.8 Å². The molecule has 0 amide bonds. The summed E-state index contributed by atoms with van der Waals surface area (Å²) < 4.78 is 1.94. The van der Waals surface area contributed by atoms with Gasteiger partial charge < -0.3 is 0 Å². The predicted molar refractivity (Wildman–Crippen MR) is 89.9 cm³/mol. The van der Waals surface area contributed by atoms with Gasteiger partial charge in [-0.15, -0.1) is 8.93 Å². The summed E-state index contributed by atoms with van der Waals surface area (Å²) in [7, 11) is 5.72. The van der Waals surface area contributed by atoms with Gasteiger partial charge in [0, 0.05) is 19.4 Å². The first kappa shape index (κ1) is 14.7. The van der Waals surface area contributed by atoms with E-state index >= 15 is 0 Å². The van der Waals surface area contributed by atoms with E-state index < -0.39 is 7.45 Å². The van der Waals surface area contributed by atoms with Gasteiger partial charge in [0.1, 0.15) is 5.82 Å². The van der Waals surface area contributed by atoms with Gasteiger partial charge in [-0.3, -0.25) is 9.13 Å². The Kier molecular flexibility index (Phi) is 5.47. The van der Waals surface area contributed by atoms with Crippen LogP contribution in [0.5, 0.6) is 0 Å². The molecule has 1 aliphatic carbocycles. The number of fused-ring (bicyclic) bond motifs is 1. The fourth-order valence-corrected chi connectivity index (χ4v) is 5.55. The molecule has 0 fully saturated rings. The van der Waals surface area contributed by atoms with Crippen molar-refractivity contribution < 1.29 is 0 Å². The van der Waals surface area contributed by atoms with E-state index in [1.165, 1.54) is 0 Å². The molecule has 1 aromatic rings. The maximum Gasteiger partial charge on any atom is 0.261 e. The van der Waals surface area contributed by atoms with Gasteiger partial charge in [0.05, 0.1) is 5.69 Å². The number of aryl methyl sites for hydroxylation is 1.